The molecule has 0 bridgehead atoms. The maximum atomic E-state index is 11.3. The van der Waals surface area contributed by atoms with Gasteiger partial charge >= 0.3 is 5.97 Å². The summed E-state index contributed by atoms with van der Waals surface area (Å²) in [4.78, 5) is 10.8. The zero-order valence-electron chi connectivity index (χ0n) is 11.4. The van der Waals surface area contributed by atoms with Gasteiger partial charge in [0, 0.05) is 19.5 Å². The summed E-state index contributed by atoms with van der Waals surface area (Å²) in [6.07, 6.45) is 3.13. The lowest BCUT2D eigenvalue weighted by molar-refractivity contribution is -0.140. The SMILES string of the molecule is CCN(CCCNCCCC(=O)OC)S(C)(=O)=O. The van der Waals surface area contributed by atoms with Crippen LogP contribution in [0.5, 0.6) is 0 Å². The maximum Gasteiger partial charge on any atom is 0.305 e. The molecule has 6 nitrogen and oxygen atoms in total. The summed E-state index contributed by atoms with van der Waals surface area (Å²) in [6, 6.07) is 0. The number of methoxy groups -OCH3 is 1. The lowest BCUT2D eigenvalue weighted by Gasteiger charge is -2.17. The third-order valence-electron chi connectivity index (χ3n) is 2.54. The van der Waals surface area contributed by atoms with Crippen molar-refractivity contribution in [1.29, 1.82) is 0 Å². The molecule has 0 fully saturated rings. The number of nitrogens with one attached hydrogen (secondary N) is 1. The topological polar surface area (TPSA) is 75.7 Å². The van der Waals surface area contributed by atoms with Crippen LogP contribution in [-0.4, -0.2) is 58.2 Å². The minimum atomic E-state index is -3.08. The van der Waals surface area contributed by atoms with Gasteiger partial charge in [0.2, 0.25) is 10.0 Å². The smallest absolute Gasteiger partial charge is 0.305 e. The highest BCUT2D eigenvalue weighted by atomic mass is 32.2. The molecule has 0 saturated heterocycles. The molecule has 0 atom stereocenters. The molecule has 0 spiro atoms. The number of rotatable bonds is 10. The van der Waals surface area contributed by atoms with E-state index in [2.05, 4.69) is 10.1 Å². The molecule has 0 amide bonds. The van der Waals surface area contributed by atoms with Crippen LogP contribution in [0.1, 0.15) is 26.2 Å². The number of nitrogens with zero attached hydrogens (tertiary/aromatic N) is 1. The monoisotopic (exact) mass is 280 g/mol. The van der Waals surface area contributed by atoms with Gasteiger partial charge in [-0.3, -0.25) is 4.79 Å². The van der Waals surface area contributed by atoms with Crippen molar-refractivity contribution in [2.75, 3.05) is 39.5 Å². The van der Waals surface area contributed by atoms with Crippen molar-refractivity contribution in [3.63, 3.8) is 0 Å². The molecule has 0 aromatic carbocycles. The normalized spacial score (nSPS) is 11.8. The van der Waals surface area contributed by atoms with E-state index in [4.69, 9.17) is 0 Å². The first-order valence-corrected chi connectivity index (χ1v) is 7.99. The van der Waals surface area contributed by atoms with E-state index in [0.717, 1.165) is 25.9 Å². The van der Waals surface area contributed by atoms with Crippen LogP contribution >= 0.6 is 0 Å². The molecule has 0 heterocycles. The summed E-state index contributed by atoms with van der Waals surface area (Å²) in [7, 11) is -1.71. The Hall–Kier alpha value is -0.660. The zero-order valence-corrected chi connectivity index (χ0v) is 12.3. The Morgan fingerprint density at radius 3 is 2.39 bits per heavy atom. The molecule has 0 aliphatic rings. The largest absolute Gasteiger partial charge is 0.469 e. The molecule has 0 aromatic rings. The summed E-state index contributed by atoms with van der Waals surface area (Å²) in [5, 5.41) is 3.17. The van der Waals surface area contributed by atoms with E-state index in [0.29, 0.717) is 19.5 Å². The highest BCUT2D eigenvalue weighted by Crippen LogP contribution is 1.98. The zero-order chi connectivity index (χ0) is 14.0. The second-order valence-corrected chi connectivity index (χ2v) is 6.02. The standard InChI is InChI=1S/C11H24N2O4S/c1-4-13(18(3,15)16)10-6-9-12-8-5-7-11(14)17-2/h12H,4-10H2,1-3H3. The van der Waals surface area contributed by atoms with E-state index in [-0.39, 0.29) is 5.97 Å². The molecule has 108 valence electrons. The van der Waals surface area contributed by atoms with Gasteiger partial charge in [-0.2, -0.15) is 0 Å². The molecule has 0 aliphatic heterocycles. The predicted octanol–water partition coefficient (Wildman–Crippen LogP) is 0.201. The molecule has 0 rings (SSSR count). The lowest BCUT2D eigenvalue weighted by atomic mass is 10.3. The van der Waals surface area contributed by atoms with Crippen molar-refractivity contribution in [1.82, 2.24) is 9.62 Å². The van der Waals surface area contributed by atoms with Gasteiger partial charge in [0.25, 0.3) is 0 Å². The molecule has 7 heteroatoms. The summed E-state index contributed by atoms with van der Waals surface area (Å²) in [5.41, 5.74) is 0. The minimum Gasteiger partial charge on any atom is -0.469 e. The van der Waals surface area contributed by atoms with Crippen molar-refractivity contribution in [3.8, 4) is 0 Å². The van der Waals surface area contributed by atoms with Crippen molar-refractivity contribution >= 4 is 16.0 Å². The van der Waals surface area contributed by atoms with Gasteiger partial charge in [-0.1, -0.05) is 6.92 Å². The Morgan fingerprint density at radius 1 is 1.28 bits per heavy atom. The number of esters is 1. The average molecular weight is 280 g/mol. The van der Waals surface area contributed by atoms with Crippen molar-refractivity contribution in [2.24, 2.45) is 0 Å². The Morgan fingerprint density at radius 2 is 1.89 bits per heavy atom. The fourth-order valence-corrected chi connectivity index (χ4v) is 2.45. The second-order valence-electron chi connectivity index (χ2n) is 4.04. The molecule has 1 N–H and O–H groups in total. The molecule has 18 heavy (non-hydrogen) atoms. The van der Waals surface area contributed by atoms with E-state index < -0.39 is 10.0 Å². The molecular weight excluding hydrogens is 256 g/mol. The third-order valence-corrected chi connectivity index (χ3v) is 3.92. The Bertz CT molecular complexity index is 330. The van der Waals surface area contributed by atoms with Crippen LogP contribution < -0.4 is 5.32 Å². The summed E-state index contributed by atoms with van der Waals surface area (Å²) in [5.74, 6) is -0.203. The first-order valence-electron chi connectivity index (χ1n) is 6.14. The summed E-state index contributed by atoms with van der Waals surface area (Å²) < 4.78 is 28.6. The Kier molecular flexibility index (Phi) is 8.95. The fourth-order valence-electron chi connectivity index (χ4n) is 1.52. The van der Waals surface area contributed by atoms with Crippen LogP contribution in [0.4, 0.5) is 0 Å². The Balaban J connectivity index is 3.53. The maximum absolute atomic E-state index is 11.3. The van der Waals surface area contributed by atoms with Gasteiger partial charge in [-0.25, -0.2) is 12.7 Å². The number of hydrogen-bond donors (Lipinski definition) is 1. The molecular formula is C11H24N2O4S. The fraction of sp³-hybridized carbons (Fsp3) is 0.909. The van der Waals surface area contributed by atoms with Gasteiger partial charge < -0.3 is 10.1 Å². The third kappa shape index (κ3) is 8.43. The minimum absolute atomic E-state index is 0.203. The summed E-state index contributed by atoms with van der Waals surface area (Å²) >= 11 is 0. The number of carbonyl (C=O) groups is 1. The van der Waals surface area contributed by atoms with Crippen molar-refractivity contribution in [2.45, 2.75) is 26.2 Å². The predicted molar refractivity (Wildman–Crippen MR) is 70.8 cm³/mol. The Labute approximate surface area is 110 Å². The van der Waals surface area contributed by atoms with E-state index in [1.54, 1.807) is 0 Å². The first-order chi connectivity index (χ1) is 8.41. The van der Waals surface area contributed by atoms with Gasteiger partial charge in [-0.05, 0) is 25.9 Å². The number of ether oxygens (including phenoxy) is 1. The number of sulfonamides is 1. The molecule has 0 radical (unpaired) electrons. The van der Waals surface area contributed by atoms with E-state index in [1.807, 2.05) is 6.92 Å². The van der Waals surface area contributed by atoms with Gasteiger partial charge in [-0.15, -0.1) is 0 Å². The average Bonchev–Trinajstić information content (AvgIpc) is 2.30. The van der Waals surface area contributed by atoms with Gasteiger partial charge in [0.05, 0.1) is 13.4 Å². The second kappa shape index (κ2) is 9.29. The molecule has 0 saturated carbocycles. The van der Waals surface area contributed by atoms with E-state index in [9.17, 15) is 13.2 Å². The summed E-state index contributed by atoms with van der Waals surface area (Å²) in [6.45, 7) is 4.33. The van der Waals surface area contributed by atoms with Crippen LogP contribution in [0.25, 0.3) is 0 Å². The first kappa shape index (κ1) is 17.3. The van der Waals surface area contributed by atoms with Crippen LogP contribution in [-0.2, 0) is 19.6 Å². The highest BCUT2D eigenvalue weighted by molar-refractivity contribution is 7.88. The quantitative estimate of drug-likeness (QED) is 0.457. The number of carbonyl (C=O) groups excluding carboxylic acids is 1. The van der Waals surface area contributed by atoms with Gasteiger partial charge in [0.15, 0.2) is 0 Å². The lowest BCUT2D eigenvalue weighted by Crippen LogP contribution is -2.32. The highest BCUT2D eigenvalue weighted by Gasteiger charge is 2.12. The molecule has 0 unspecified atom stereocenters. The number of hydrogen-bond acceptors (Lipinski definition) is 5. The van der Waals surface area contributed by atoms with E-state index in [1.165, 1.54) is 17.7 Å². The van der Waals surface area contributed by atoms with Crippen LogP contribution in [0.2, 0.25) is 0 Å². The molecule has 0 aromatic heterocycles. The van der Waals surface area contributed by atoms with Crippen LogP contribution in [0.15, 0.2) is 0 Å². The van der Waals surface area contributed by atoms with Crippen molar-refractivity contribution in [3.05, 3.63) is 0 Å². The van der Waals surface area contributed by atoms with E-state index >= 15 is 0 Å². The van der Waals surface area contributed by atoms with Crippen molar-refractivity contribution < 1.29 is 17.9 Å². The molecule has 0 aliphatic carbocycles. The van der Waals surface area contributed by atoms with Gasteiger partial charge in [0.1, 0.15) is 0 Å². The van der Waals surface area contributed by atoms with Crippen LogP contribution in [0.3, 0.4) is 0 Å². The van der Waals surface area contributed by atoms with Crippen LogP contribution in [0, 0.1) is 0 Å².